The number of aromatic nitrogens is 2. The van der Waals surface area contributed by atoms with Gasteiger partial charge in [0.1, 0.15) is 18.4 Å². The Morgan fingerprint density at radius 2 is 1.79 bits per heavy atom. The largest absolute Gasteiger partial charge is 0.490 e. The van der Waals surface area contributed by atoms with Crippen LogP contribution in [0.4, 0.5) is 26.3 Å². The van der Waals surface area contributed by atoms with E-state index in [9.17, 15) is 26.3 Å². The second-order valence-corrected chi connectivity index (χ2v) is 7.01. The van der Waals surface area contributed by atoms with Gasteiger partial charge in [-0.15, -0.1) is 0 Å². The number of rotatable bonds is 4. The molecule has 5 nitrogen and oxygen atoms in total. The van der Waals surface area contributed by atoms with Crippen molar-refractivity contribution in [2.45, 2.75) is 44.3 Å². The van der Waals surface area contributed by atoms with E-state index in [0.29, 0.717) is 0 Å². The highest BCUT2D eigenvalue weighted by Gasteiger charge is 2.48. The lowest BCUT2D eigenvalue weighted by Gasteiger charge is -2.28. The van der Waals surface area contributed by atoms with Gasteiger partial charge in [0.25, 0.3) is 6.01 Å². The summed E-state index contributed by atoms with van der Waals surface area (Å²) < 4.78 is 90.2. The number of hydrogen-bond acceptors (Lipinski definition) is 4. The molecule has 0 fully saturated rings. The molecule has 29 heavy (non-hydrogen) atoms. The number of imidazole rings is 1. The zero-order valence-electron chi connectivity index (χ0n) is 15.2. The van der Waals surface area contributed by atoms with Gasteiger partial charge < -0.3 is 9.47 Å². The molecule has 0 bridgehead atoms. The normalized spacial score (nSPS) is 16.9. The highest BCUT2D eigenvalue weighted by Crippen LogP contribution is 2.41. The fraction of sp³-hybridized carbons (Fsp3) is 0.444. The zero-order valence-corrected chi connectivity index (χ0v) is 15.2. The van der Waals surface area contributed by atoms with E-state index in [4.69, 9.17) is 14.7 Å². The molecule has 11 heteroatoms. The van der Waals surface area contributed by atoms with E-state index in [1.807, 2.05) is 0 Å². The Hall–Kier alpha value is -2.90. The summed E-state index contributed by atoms with van der Waals surface area (Å²) in [4.78, 5) is 3.54. The Kier molecular flexibility index (Phi) is 4.93. The van der Waals surface area contributed by atoms with Crippen LogP contribution < -0.4 is 9.47 Å². The van der Waals surface area contributed by atoms with Crippen LogP contribution in [0.3, 0.4) is 0 Å². The number of fused-ring (bicyclic) bond motifs is 1. The summed E-state index contributed by atoms with van der Waals surface area (Å²) in [6, 6.07) is 6.33. The number of benzene rings is 1. The molecule has 1 aliphatic heterocycles. The third-order valence-electron chi connectivity index (χ3n) is 4.69. The van der Waals surface area contributed by atoms with Gasteiger partial charge in [0.05, 0.1) is 12.0 Å². The number of halogens is 6. The topological polar surface area (TPSA) is 60.1 Å². The highest BCUT2D eigenvalue weighted by atomic mass is 19.4. The molecular formula is C18H15F6N3O2. The Morgan fingerprint density at radius 1 is 1.17 bits per heavy atom. The lowest BCUT2D eigenvalue weighted by molar-refractivity contribution is -0.180. The second kappa shape index (κ2) is 6.86. The lowest BCUT2D eigenvalue weighted by Crippen LogP contribution is -2.36. The first-order valence-electron chi connectivity index (χ1n) is 8.39. The smallest absolute Gasteiger partial charge is 0.434 e. The number of nitriles is 1. The number of hydrogen-bond donors (Lipinski definition) is 0. The highest BCUT2D eigenvalue weighted by molar-refractivity contribution is 5.35. The molecule has 0 radical (unpaired) electrons. The van der Waals surface area contributed by atoms with E-state index in [-0.39, 0.29) is 30.5 Å². The monoisotopic (exact) mass is 419 g/mol. The molecule has 1 atom stereocenters. The van der Waals surface area contributed by atoms with E-state index >= 15 is 0 Å². The summed E-state index contributed by atoms with van der Waals surface area (Å²) in [5.74, 6) is 0.244. The first-order valence-corrected chi connectivity index (χ1v) is 8.39. The fourth-order valence-electron chi connectivity index (χ4n) is 2.85. The molecular weight excluding hydrogens is 404 g/mol. The summed E-state index contributed by atoms with van der Waals surface area (Å²) in [6.07, 6.45) is -9.99. The molecule has 1 aliphatic rings. The van der Waals surface area contributed by atoms with Crippen LogP contribution in [0.5, 0.6) is 11.8 Å². The van der Waals surface area contributed by atoms with E-state index in [2.05, 4.69) is 4.98 Å². The summed E-state index contributed by atoms with van der Waals surface area (Å²) in [7, 11) is 0. The third-order valence-corrected chi connectivity index (χ3v) is 4.69. The van der Waals surface area contributed by atoms with Crippen LogP contribution in [0.25, 0.3) is 0 Å². The summed E-state index contributed by atoms with van der Waals surface area (Å²) in [6.45, 7) is 1.75. The number of alkyl halides is 6. The summed E-state index contributed by atoms with van der Waals surface area (Å²) in [5.41, 5.74) is -3.94. The Bertz CT molecular complexity index is 939. The Balaban J connectivity index is 1.66. The van der Waals surface area contributed by atoms with Crippen LogP contribution in [-0.4, -0.2) is 28.4 Å². The van der Waals surface area contributed by atoms with Crippen molar-refractivity contribution in [1.29, 1.82) is 5.26 Å². The van der Waals surface area contributed by atoms with E-state index in [1.54, 1.807) is 0 Å². The molecule has 1 aromatic carbocycles. The van der Waals surface area contributed by atoms with Gasteiger partial charge in [0.15, 0.2) is 17.5 Å². The summed E-state index contributed by atoms with van der Waals surface area (Å²) >= 11 is 0. The van der Waals surface area contributed by atoms with Crippen LogP contribution in [0.15, 0.2) is 24.3 Å². The van der Waals surface area contributed by atoms with Crippen LogP contribution in [-0.2, 0) is 18.1 Å². The third kappa shape index (κ3) is 3.83. The molecule has 0 saturated heterocycles. The lowest BCUT2D eigenvalue weighted by atomic mass is 9.84. The first kappa shape index (κ1) is 20.8. The van der Waals surface area contributed by atoms with Gasteiger partial charge >= 0.3 is 12.4 Å². The molecule has 1 aromatic heterocycles. The van der Waals surface area contributed by atoms with Crippen LogP contribution in [0.2, 0.25) is 0 Å². The van der Waals surface area contributed by atoms with Crippen molar-refractivity contribution in [3.05, 3.63) is 41.2 Å². The number of nitrogens with zero attached hydrogens (tertiary/aromatic N) is 3. The van der Waals surface area contributed by atoms with Gasteiger partial charge in [-0.05, 0) is 31.5 Å². The van der Waals surface area contributed by atoms with Crippen LogP contribution in [0.1, 0.15) is 30.8 Å². The molecule has 0 saturated carbocycles. The Morgan fingerprint density at radius 3 is 2.31 bits per heavy atom. The predicted molar refractivity (Wildman–Crippen MR) is 87.4 cm³/mol. The van der Waals surface area contributed by atoms with Gasteiger partial charge in [-0.3, -0.25) is 4.57 Å². The first-order chi connectivity index (χ1) is 13.3. The van der Waals surface area contributed by atoms with E-state index < -0.39 is 35.3 Å². The minimum atomic E-state index is -4.77. The van der Waals surface area contributed by atoms with Gasteiger partial charge in [-0.25, -0.2) is 0 Å². The average molecular weight is 419 g/mol. The second-order valence-electron chi connectivity index (χ2n) is 7.01. The van der Waals surface area contributed by atoms with Crippen molar-refractivity contribution >= 4 is 0 Å². The van der Waals surface area contributed by atoms with Crippen LogP contribution in [0, 0.1) is 11.3 Å². The molecule has 0 amide bonds. The van der Waals surface area contributed by atoms with Gasteiger partial charge in [-0.1, -0.05) is 12.1 Å². The maximum Gasteiger partial charge on any atom is 0.434 e. The molecule has 156 valence electrons. The SMILES string of the molecule is CC(C)(c1ccc(OC[C@@H]2Cn3c(nc(C#N)c3C(F)(F)F)O2)cc1)C(F)(F)F. The van der Waals surface area contributed by atoms with Gasteiger partial charge in [0.2, 0.25) is 0 Å². The van der Waals surface area contributed by atoms with E-state index in [0.717, 1.165) is 18.4 Å². The van der Waals surface area contributed by atoms with Crippen molar-refractivity contribution < 1.29 is 35.8 Å². The molecule has 2 heterocycles. The van der Waals surface area contributed by atoms with Crippen LogP contribution >= 0.6 is 0 Å². The molecule has 0 unspecified atom stereocenters. The van der Waals surface area contributed by atoms with Crippen molar-refractivity contribution in [3.8, 4) is 17.8 Å². The standard InChI is InChI=1S/C18H15F6N3O2/c1-16(2,18(22,23)24)10-3-5-11(6-4-10)28-9-12-8-27-14(17(19,20)21)13(7-25)26-15(27)29-12/h3-6,12H,8-9H2,1-2H3/t12-/m0/s1. The number of ether oxygens (including phenoxy) is 2. The van der Waals surface area contributed by atoms with Crippen molar-refractivity contribution in [3.63, 3.8) is 0 Å². The Labute approximate surface area is 161 Å². The predicted octanol–water partition coefficient (Wildman–Crippen LogP) is 4.45. The summed E-state index contributed by atoms with van der Waals surface area (Å²) in [5, 5.41) is 8.81. The quantitative estimate of drug-likeness (QED) is 0.687. The zero-order chi connectivity index (χ0) is 21.6. The van der Waals surface area contributed by atoms with Crippen molar-refractivity contribution in [2.24, 2.45) is 0 Å². The molecule has 0 aliphatic carbocycles. The average Bonchev–Trinajstić information content (AvgIpc) is 3.15. The molecule has 3 rings (SSSR count). The molecule has 0 N–H and O–H groups in total. The molecule has 0 spiro atoms. The van der Waals surface area contributed by atoms with E-state index in [1.165, 1.54) is 30.3 Å². The maximum absolute atomic E-state index is 13.1. The minimum Gasteiger partial charge on any atom is -0.490 e. The molecule has 2 aromatic rings. The minimum absolute atomic E-state index is 0.0495. The van der Waals surface area contributed by atoms with Gasteiger partial charge in [-0.2, -0.15) is 36.6 Å². The van der Waals surface area contributed by atoms with Gasteiger partial charge in [0, 0.05) is 0 Å². The van der Waals surface area contributed by atoms with Crippen molar-refractivity contribution in [2.75, 3.05) is 6.61 Å². The fourth-order valence-corrected chi connectivity index (χ4v) is 2.85. The maximum atomic E-state index is 13.1. The van der Waals surface area contributed by atoms with Crippen molar-refractivity contribution in [1.82, 2.24) is 9.55 Å².